The predicted octanol–water partition coefficient (Wildman–Crippen LogP) is 4.74. The van der Waals surface area contributed by atoms with E-state index in [4.69, 9.17) is 14.2 Å². The predicted molar refractivity (Wildman–Crippen MR) is 135 cm³/mol. The first-order valence-corrected chi connectivity index (χ1v) is 12.7. The van der Waals surface area contributed by atoms with E-state index in [-0.39, 0.29) is 17.2 Å². The largest absolute Gasteiger partial charge is 0.488 e. The van der Waals surface area contributed by atoms with Crippen LogP contribution in [0.5, 0.6) is 11.5 Å². The van der Waals surface area contributed by atoms with E-state index in [2.05, 4.69) is 15.6 Å². The molecule has 0 saturated carbocycles. The number of allylic oxidation sites excluding steroid dienone is 4. The van der Waals surface area contributed by atoms with Crippen LogP contribution in [0.2, 0.25) is 0 Å². The number of sulfone groups is 1. The molecule has 182 valence electrons. The Morgan fingerprint density at radius 1 is 1.21 bits per heavy atom. The number of methoxy groups -OCH3 is 1. The van der Waals surface area contributed by atoms with Crippen LogP contribution < -0.4 is 20.1 Å². The zero-order chi connectivity index (χ0) is 24.7. The number of fused-ring (bicyclic) bond motifs is 1. The van der Waals surface area contributed by atoms with E-state index in [0.717, 1.165) is 28.9 Å². The van der Waals surface area contributed by atoms with E-state index in [1.165, 1.54) is 18.4 Å². The minimum absolute atomic E-state index is 0.157. The zero-order valence-corrected chi connectivity index (χ0v) is 20.8. The molecule has 0 radical (unpaired) electrons. The van der Waals surface area contributed by atoms with Gasteiger partial charge >= 0.3 is 0 Å². The molecule has 2 aromatic rings. The summed E-state index contributed by atoms with van der Waals surface area (Å²) < 4.78 is 40.7. The topological polar surface area (TPSA) is 98.8 Å². The summed E-state index contributed by atoms with van der Waals surface area (Å²) in [5, 5.41) is 6.79. The van der Waals surface area contributed by atoms with Crippen LogP contribution in [0, 0.1) is 6.92 Å². The molecule has 9 heteroatoms. The highest BCUT2D eigenvalue weighted by Gasteiger charge is 2.23. The maximum Gasteiger partial charge on any atom is 0.175 e. The molecule has 0 saturated heterocycles. The lowest BCUT2D eigenvalue weighted by Crippen LogP contribution is -2.18. The van der Waals surface area contributed by atoms with Crippen LogP contribution in [-0.2, 0) is 14.6 Å². The number of pyridine rings is 1. The zero-order valence-electron chi connectivity index (χ0n) is 20.0. The number of ether oxygens (including phenoxy) is 3. The molecule has 2 atom stereocenters. The monoisotopic (exact) mass is 485 g/mol. The quantitative estimate of drug-likeness (QED) is 0.368. The Morgan fingerprint density at radius 3 is 2.68 bits per heavy atom. The summed E-state index contributed by atoms with van der Waals surface area (Å²) >= 11 is 0. The number of hydrogen-bond donors (Lipinski definition) is 2. The maximum atomic E-state index is 11.9. The van der Waals surface area contributed by atoms with Crippen LogP contribution in [0.15, 0.2) is 65.9 Å². The lowest BCUT2D eigenvalue weighted by Gasteiger charge is -2.18. The molecule has 1 aromatic carbocycles. The Kier molecular flexibility index (Phi) is 8.36. The van der Waals surface area contributed by atoms with Gasteiger partial charge in [-0.2, -0.15) is 0 Å². The van der Waals surface area contributed by atoms with Crippen molar-refractivity contribution in [3.05, 3.63) is 77.1 Å². The van der Waals surface area contributed by atoms with Crippen molar-refractivity contribution in [2.45, 2.75) is 33.0 Å². The minimum Gasteiger partial charge on any atom is -0.488 e. The summed E-state index contributed by atoms with van der Waals surface area (Å²) in [7, 11) is -1.71. The van der Waals surface area contributed by atoms with E-state index in [0.29, 0.717) is 18.1 Å². The molecule has 2 unspecified atom stereocenters. The molecule has 0 amide bonds. The SMILES string of the molecule is C\C=C/C(=C\C=C\Oc1cc(OC(C)COC)cc(C2Nc3cc(C)cnc3N2)c1)S(C)(=O)=O. The van der Waals surface area contributed by atoms with Crippen molar-refractivity contribution in [3.8, 4) is 11.5 Å². The van der Waals surface area contributed by atoms with Crippen LogP contribution in [-0.4, -0.2) is 39.5 Å². The summed E-state index contributed by atoms with van der Waals surface area (Å²) in [4.78, 5) is 4.63. The lowest BCUT2D eigenvalue weighted by molar-refractivity contribution is 0.0919. The van der Waals surface area contributed by atoms with Crippen molar-refractivity contribution in [1.29, 1.82) is 0 Å². The Bertz CT molecular complexity index is 1210. The summed E-state index contributed by atoms with van der Waals surface area (Å²) in [6.45, 7) is 6.12. The second-order valence-corrected chi connectivity index (χ2v) is 10.1. The lowest BCUT2D eigenvalue weighted by atomic mass is 10.1. The number of aromatic nitrogens is 1. The Hall–Kier alpha value is -3.30. The number of benzene rings is 1. The first-order valence-electron chi connectivity index (χ1n) is 10.9. The summed E-state index contributed by atoms with van der Waals surface area (Å²) in [6, 6.07) is 7.62. The number of rotatable bonds is 10. The molecule has 2 N–H and O–H groups in total. The number of hydrogen-bond acceptors (Lipinski definition) is 8. The van der Waals surface area contributed by atoms with E-state index < -0.39 is 9.84 Å². The van der Waals surface area contributed by atoms with Crippen molar-refractivity contribution in [2.75, 3.05) is 30.6 Å². The van der Waals surface area contributed by atoms with Gasteiger partial charge in [0.05, 0.1) is 23.5 Å². The Balaban J connectivity index is 1.85. The van der Waals surface area contributed by atoms with Gasteiger partial charge in [0.25, 0.3) is 0 Å². The average molecular weight is 486 g/mol. The molecule has 34 heavy (non-hydrogen) atoms. The molecule has 1 aromatic heterocycles. The standard InChI is InChI=1S/C25H31N3O5S/c1-6-8-22(34(5,29)30)9-7-10-32-20-12-19(13-21(14-20)33-18(3)16-31-4)24-27-23-11-17(2)15-26-25(23)28-24/h6-15,18,24,27H,16H2,1-5H3,(H,26,28)/b8-6-,10-7+,22-9+. The summed E-state index contributed by atoms with van der Waals surface area (Å²) in [5.74, 6) is 1.94. The fourth-order valence-corrected chi connectivity index (χ4v) is 4.11. The van der Waals surface area contributed by atoms with Crippen molar-refractivity contribution in [2.24, 2.45) is 0 Å². The van der Waals surface area contributed by atoms with E-state index >= 15 is 0 Å². The second kappa shape index (κ2) is 11.2. The van der Waals surface area contributed by atoms with Crippen LogP contribution >= 0.6 is 0 Å². The van der Waals surface area contributed by atoms with Gasteiger partial charge in [-0.1, -0.05) is 6.08 Å². The van der Waals surface area contributed by atoms with Gasteiger partial charge in [-0.05, 0) is 62.8 Å². The van der Waals surface area contributed by atoms with E-state index in [9.17, 15) is 8.42 Å². The fraction of sp³-hybridized carbons (Fsp3) is 0.320. The molecule has 2 heterocycles. The van der Waals surface area contributed by atoms with Crippen molar-refractivity contribution in [1.82, 2.24) is 4.98 Å². The third kappa shape index (κ3) is 6.85. The summed E-state index contributed by atoms with van der Waals surface area (Å²) in [5.41, 5.74) is 2.88. The minimum atomic E-state index is -3.33. The van der Waals surface area contributed by atoms with Gasteiger partial charge in [-0.25, -0.2) is 13.4 Å². The van der Waals surface area contributed by atoms with Gasteiger partial charge in [0.1, 0.15) is 23.8 Å². The van der Waals surface area contributed by atoms with Crippen LogP contribution in [0.4, 0.5) is 11.5 Å². The van der Waals surface area contributed by atoms with Gasteiger partial charge in [0, 0.05) is 31.2 Å². The molecule has 0 bridgehead atoms. The van der Waals surface area contributed by atoms with E-state index in [1.54, 1.807) is 32.3 Å². The highest BCUT2D eigenvalue weighted by molar-refractivity contribution is 7.94. The number of nitrogens with zero attached hydrogens (tertiary/aromatic N) is 1. The molecule has 1 aliphatic heterocycles. The van der Waals surface area contributed by atoms with Crippen molar-refractivity contribution >= 4 is 21.3 Å². The molecule has 3 rings (SSSR count). The maximum absolute atomic E-state index is 11.9. The first-order chi connectivity index (χ1) is 16.2. The second-order valence-electron chi connectivity index (χ2n) is 8.04. The third-order valence-electron chi connectivity index (χ3n) is 4.88. The number of anilines is 2. The molecular weight excluding hydrogens is 454 g/mol. The van der Waals surface area contributed by atoms with Crippen molar-refractivity contribution in [3.63, 3.8) is 0 Å². The molecule has 8 nitrogen and oxygen atoms in total. The highest BCUT2D eigenvalue weighted by atomic mass is 32.2. The van der Waals surface area contributed by atoms with Gasteiger partial charge in [0.15, 0.2) is 15.7 Å². The van der Waals surface area contributed by atoms with Gasteiger partial charge in [0.2, 0.25) is 0 Å². The first kappa shape index (κ1) is 25.3. The van der Waals surface area contributed by atoms with Crippen molar-refractivity contribution < 1.29 is 22.6 Å². The number of aryl methyl sites for hydroxylation is 1. The number of nitrogens with one attached hydrogen (secondary N) is 2. The average Bonchev–Trinajstić information content (AvgIpc) is 3.18. The molecular formula is C25H31N3O5S. The van der Waals surface area contributed by atoms with Crippen LogP contribution in [0.1, 0.15) is 31.1 Å². The third-order valence-corrected chi connectivity index (χ3v) is 6.01. The normalized spacial score (nSPS) is 16.9. The highest BCUT2D eigenvalue weighted by Crippen LogP contribution is 2.36. The van der Waals surface area contributed by atoms with E-state index in [1.807, 2.05) is 38.2 Å². The molecule has 0 spiro atoms. The fourth-order valence-electron chi connectivity index (χ4n) is 3.41. The smallest absolute Gasteiger partial charge is 0.175 e. The molecule has 0 aliphatic carbocycles. The molecule has 1 aliphatic rings. The molecule has 0 fully saturated rings. The Labute approximate surface area is 201 Å². The summed E-state index contributed by atoms with van der Waals surface area (Å²) in [6.07, 6.45) is 10.3. The van der Waals surface area contributed by atoms with Gasteiger partial charge in [-0.15, -0.1) is 0 Å². The van der Waals surface area contributed by atoms with Gasteiger partial charge in [-0.3, -0.25) is 0 Å². The van der Waals surface area contributed by atoms with Crippen LogP contribution in [0.25, 0.3) is 0 Å². The van der Waals surface area contributed by atoms with Gasteiger partial charge < -0.3 is 24.8 Å². The Morgan fingerprint density at radius 2 is 1.97 bits per heavy atom. The van der Waals surface area contributed by atoms with Crippen LogP contribution in [0.3, 0.4) is 0 Å².